The van der Waals surface area contributed by atoms with Crippen molar-refractivity contribution < 1.29 is 27.0 Å². The number of hydrogen-bond acceptors (Lipinski definition) is 2. The number of halogens is 4. The van der Waals surface area contributed by atoms with Crippen LogP contribution in [-0.4, -0.2) is 13.2 Å². The molecule has 0 N–H and O–H groups in total. The molecule has 0 radical (unpaired) electrons. The Kier molecular flexibility index (Phi) is 6.82. The lowest BCUT2D eigenvalue weighted by molar-refractivity contribution is -0.00745. The maximum Gasteiger partial charge on any atom is 0.167 e. The lowest BCUT2D eigenvalue weighted by Gasteiger charge is -2.28. The summed E-state index contributed by atoms with van der Waals surface area (Å²) in [4.78, 5) is 0. The van der Waals surface area contributed by atoms with E-state index in [0.29, 0.717) is 26.1 Å². The van der Waals surface area contributed by atoms with E-state index in [4.69, 9.17) is 9.47 Å². The third kappa shape index (κ3) is 4.26. The van der Waals surface area contributed by atoms with Gasteiger partial charge >= 0.3 is 0 Å². The molecule has 0 saturated carbocycles. The van der Waals surface area contributed by atoms with Crippen LogP contribution in [0.1, 0.15) is 49.0 Å². The third-order valence-electron chi connectivity index (χ3n) is 6.50. The van der Waals surface area contributed by atoms with Crippen molar-refractivity contribution >= 4 is 0 Å². The Balaban J connectivity index is 1.60. The predicted octanol–water partition coefficient (Wildman–Crippen LogP) is 7.22. The van der Waals surface area contributed by atoms with Crippen LogP contribution in [0, 0.1) is 35.1 Å². The first kappa shape index (κ1) is 22.7. The molecule has 2 aromatic carbocycles. The molecule has 0 aliphatic carbocycles. The van der Waals surface area contributed by atoms with Crippen molar-refractivity contribution in [2.45, 2.75) is 37.9 Å². The Morgan fingerprint density at radius 2 is 1.03 bits per heavy atom. The quantitative estimate of drug-likeness (QED) is 0.357. The van der Waals surface area contributed by atoms with Crippen molar-refractivity contribution in [1.82, 2.24) is 0 Å². The number of ether oxygens (including phenoxy) is 2. The fraction of sp³-hybridized carbons (Fsp3) is 0.385. The Morgan fingerprint density at radius 1 is 0.625 bits per heavy atom. The van der Waals surface area contributed by atoms with E-state index in [2.05, 4.69) is 13.2 Å². The summed E-state index contributed by atoms with van der Waals surface area (Å²) in [5.41, 5.74) is -0.493. The lowest BCUT2D eigenvalue weighted by atomic mass is 9.91. The second-order valence-electron chi connectivity index (χ2n) is 8.45. The average Bonchev–Trinajstić information content (AvgIpc) is 2.83. The minimum absolute atomic E-state index is 0.0821. The normalized spacial score (nSPS) is 26.0. The van der Waals surface area contributed by atoms with E-state index in [1.807, 2.05) is 0 Å². The molecule has 4 unspecified atom stereocenters. The summed E-state index contributed by atoms with van der Waals surface area (Å²) in [6, 6.07) is 5.33. The largest absolute Gasteiger partial charge is 0.373 e. The topological polar surface area (TPSA) is 18.5 Å². The average molecular weight is 446 g/mol. The van der Waals surface area contributed by atoms with Crippen LogP contribution in [0.2, 0.25) is 0 Å². The van der Waals surface area contributed by atoms with Crippen LogP contribution in [0.3, 0.4) is 0 Å². The molecule has 0 aromatic heterocycles. The smallest absolute Gasteiger partial charge is 0.167 e. The molecule has 2 nitrogen and oxygen atoms in total. The van der Waals surface area contributed by atoms with Gasteiger partial charge in [0.05, 0.1) is 25.4 Å². The summed E-state index contributed by atoms with van der Waals surface area (Å²) < 4.78 is 70.9. The molecule has 2 saturated heterocycles. The zero-order valence-electron chi connectivity index (χ0n) is 17.8. The molecule has 0 spiro atoms. The molecule has 2 fully saturated rings. The highest BCUT2D eigenvalue weighted by Gasteiger charge is 2.29. The SMILES string of the molecule is C=CC1CCC(c2ccc(-c3ccc(C4CCC(C=C)CO4)c(F)c3F)c(F)c2F)OC1. The summed E-state index contributed by atoms with van der Waals surface area (Å²) in [5, 5.41) is 0. The van der Waals surface area contributed by atoms with Gasteiger partial charge in [-0.25, -0.2) is 17.6 Å². The predicted molar refractivity (Wildman–Crippen MR) is 115 cm³/mol. The third-order valence-corrected chi connectivity index (χ3v) is 6.50. The minimum atomic E-state index is -1.22. The van der Waals surface area contributed by atoms with Gasteiger partial charge in [-0.2, -0.15) is 0 Å². The molecule has 170 valence electrons. The molecular formula is C26H26F4O2. The molecule has 2 aromatic rings. The Morgan fingerprint density at radius 3 is 1.34 bits per heavy atom. The molecule has 6 heteroatoms. The van der Waals surface area contributed by atoms with Crippen LogP contribution in [-0.2, 0) is 9.47 Å². The van der Waals surface area contributed by atoms with Crippen molar-refractivity contribution in [2.75, 3.05) is 13.2 Å². The first-order valence-corrected chi connectivity index (χ1v) is 10.9. The van der Waals surface area contributed by atoms with Gasteiger partial charge in [-0.05, 0) is 25.7 Å². The van der Waals surface area contributed by atoms with Gasteiger partial charge in [-0.15, -0.1) is 13.2 Å². The molecule has 2 aliphatic heterocycles. The second kappa shape index (κ2) is 9.59. The van der Waals surface area contributed by atoms with Gasteiger partial charge in [0.15, 0.2) is 23.3 Å². The highest BCUT2D eigenvalue weighted by atomic mass is 19.2. The summed E-state index contributed by atoms with van der Waals surface area (Å²) in [6.45, 7) is 8.22. The zero-order chi connectivity index (χ0) is 22.8. The van der Waals surface area contributed by atoms with Crippen molar-refractivity contribution in [2.24, 2.45) is 11.8 Å². The van der Waals surface area contributed by atoms with Crippen LogP contribution >= 0.6 is 0 Å². The lowest BCUT2D eigenvalue weighted by Crippen LogP contribution is -2.20. The fourth-order valence-corrected chi connectivity index (χ4v) is 4.45. The molecule has 2 heterocycles. The highest BCUT2D eigenvalue weighted by molar-refractivity contribution is 5.66. The molecule has 0 amide bonds. The van der Waals surface area contributed by atoms with Gasteiger partial charge < -0.3 is 9.47 Å². The minimum Gasteiger partial charge on any atom is -0.373 e. The van der Waals surface area contributed by atoms with Crippen molar-refractivity contribution in [3.63, 3.8) is 0 Å². The first-order valence-electron chi connectivity index (χ1n) is 10.9. The van der Waals surface area contributed by atoms with E-state index in [9.17, 15) is 17.6 Å². The van der Waals surface area contributed by atoms with E-state index in [1.54, 1.807) is 12.2 Å². The number of benzene rings is 2. The van der Waals surface area contributed by atoms with Crippen LogP contribution in [0.4, 0.5) is 17.6 Å². The van der Waals surface area contributed by atoms with Crippen molar-refractivity contribution in [1.29, 1.82) is 0 Å². The van der Waals surface area contributed by atoms with Gasteiger partial charge in [0.25, 0.3) is 0 Å². The van der Waals surface area contributed by atoms with Crippen molar-refractivity contribution in [3.8, 4) is 11.1 Å². The van der Waals surface area contributed by atoms with Gasteiger partial charge in [0, 0.05) is 34.1 Å². The van der Waals surface area contributed by atoms with Crippen LogP contribution < -0.4 is 0 Å². The molecule has 32 heavy (non-hydrogen) atoms. The Hall–Kier alpha value is -2.44. The molecule has 2 aliphatic rings. The monoisotopic (exact) mass is 446 g/mol. The van der Waals surface area contributed by atoms with E-state index in [1.165, 1.54) is 24.3 Å². The van der Waals surface area contributed by atoms with Crippen molar-refractivity contribution in [3.05, 3.63) is 84.0 Å². The summed E-state index contributed by atoms with van der Waals surface area (Å²) in [6.07, 6.45) is 4.98. The highest BCUT2D eigenvalue weighted by Crippen LogP contribution is 2.39. The molecule has 4 rings (SSSR count). The van der Waals surface area contributed by atoms with E-state index in [-0.39, 0.29) is 34.1 Å². The number of hydrogen-bond donors (Lipinski definition) is 0. The van der Waals surface area contributed by atoms with Gasteiger partial charge in [-0.3, -0.25) is 0 Å². The molecule has 4 atom stereocenters. The standard InChI is InChI=1S/C26H26F4O2/c1-3-15-5-11-21(31-13-15)19-9-7-17(23(27)25(19)29)18-8-10-20(26(30)24(18)28)22-12-6-16(4-2)14-32-22/h3-4,7-10,15-16,21-22H,1-2,5-6,11-14H2. The molecule has 0 bridgehead atoms. The second-order valence-corrected chi connectivity index (χ2v) is 8.45. The maximum absolute atomic E-state index is 14.9. The maximum atomic E-state index is 14.9. The van der Waals surface area contributed by atoms with E-state index >= 15 is 0 Å². The van der Waals surface area contributed by atoms with Crippen LogP contribution in [0.25, 0.3) is 11.1 Å². The van der Waals surface area contributed by atoms with Crippen LogP contribution in [0.15, 0.2) is 49.6 Å². The van der Waals surface area contributed by atoms with E-state index in [0.717, 1.165) is 12.8 Å². The van der Waals surface area contributed by atoms with Gasteiger partial charge in [-0.1, -0.05) is 36.4 Å². The molecular weight excluding hydrogens is 420 g/mol. The summed E-state index contributed by atoms with van der Waals surface area (Å²) in [5.74, 6) is -4.26. The zero-order valence-corrected chi connectivity index (χ0v) is 17.8. The Bertz CT molecular complexity index is 922. The summed E-state index contributed by atoms with van der Waals surface area (Å²) >= 11 is 0. The van der Waals surface area contributed by atoms with Gasteiger partial charge in [0.2, 0.25) is 0 Å². The van der Waals surface area contributed by atoms with Crippen LogP contribution in [0.5, 0.6) is 0 Å². The summed E-state index contributed by atoms with van der Waals surface area (Å²) in [7, 11) is 0. The number of rotatable bonds is 5. The first-order chi connectivity index (χ1) is 15.4. The fourth-order valence-electron chi connectivity index (χ4n) is 4.45. The van der Waals surface area contributed by atoms with Gasteiger partial charge in [0.1, 0.15) is 0 Å². The Labute approximate surface area is 185 Å². The van der Waals surface area contributed by atoms with E-state index < -0.39 is 35.5 Å².